The van der Waals surface area contributed by atoms with Crippen LogP contribution < -0.4 is 0 Å². The van der Waals surface area contributed by atoms with Crippen molar-refractivity contribution in [2.24, 2.45) is 0 Å². The van der Waals surface area contributed by atoms with Crippen molar-refractivity contribution >= 4 is 17.6 Å². The fourth-order valence-electron chi connectivity index (χ4n) is 1.13. The molecule has 0 amide bonds. The predicted molar refractivity (Wildman–Crippen MR) is 52.5 cm³/mol. The average molecular weight is 229 g/mol. The van der Waals surface area contributed by atoms with Crippen LogP contribution in [0.25, 0.3) is 0 Å². The number of esters is 1. The molecule has 6 heteroatoms. The molecule has 0 saturated heterocycles. The van der Waals surface area contributed by atoms with Crippen molar-refractivity contribution in [2.75, 3.05) is 14.2 Å². The van der Waals surface area contributed by atoms with Crippen LogP contribution in [-0.4, -0.2) is 24.8 Å². The highest BCUT2D eigenvalue weighted by atomic mass is 35.5. The van der Waals surface area contributed by atoms with E-state index in [9.17, 15) is 4.79 Å². The van der Waals surface area contributed by atoms with Crippen molar-refractivity contribution in [1.82, 2.24) is 4.57 Å². The summed E-state index contributed by atoms with van der Waals surface area (Å²) in [6, 6.07) is 3.25. The minimum atomic E-state index is -0.560. The van der Waals surface area contributed by atoms with Gasteiger partial charge in [0.25, 0.3) is 0 Å². The van der Waals surface area contributed by atoms with Crippen LogP contribution in [0.5, 0.6) is 0 Å². The molecule has 0 saturated carbocycles. The first kappa shape index (κ1) is 11.6. The zero-order chi connectivity index (χ0) is 11.4. The van der Waals surface area contributed by atoms with Crippen molar-refractivity contribution in [3.63, 3.8) is 0 Å². The third kappa shape index (κ3) is 2.12. The van der Waals surface area contributed by atoms with Crippen LogP contribution in [0.1, 0.15) is 16.1 Å². The Morgan fingerprint density at radius 1 is 1.67 bits per heavy atom. The van der Waals surface area contributed by atoms with Crippen LogP contribution in [0, 0.1) is 11.3 Å². The Morgan fingerprint density at radius 3 is 2.80 bits per heavy atom. The number of rotatable bonds is 3. The summed E-state index contributed by atoms with van der Waals surface area (Å²) in [5.41, 5.74) is 0.412. The minimum absolute atomic E-state index is 0.0882. The maximum Gasteiger partial charge on any atom is 0.354 e. The number of nitrogens with zero attached hydrogens (tertiary/aromatic N) is 2. The van der Waals surface area contributed by atoms with Gasteiger partial charge < -0.3 is 14.0 Å². The van der Waals surface area contributed by atoms with Gasteiger partial charge in [-0.3, -0.25) is 0 Å². The predicted octanol–water partition coefficient (Wildman–Crippen LogP) is 1.40. The van der Waals surface area contributed by atoms with Crippen LogP contribution >= 0.6 is 11.6 Å². The number of hydrogen-bond donors (Lipinski definition) is 0. The second kappa shape index (κ2) is 4.82. The molecule has 0 unspecified atom stereocenters. The summed E-state index contributed by atoms with van der Waals surface area (Å²) in [5, 5.41) is 8.90. The molecule has 0 N–H and O–H groups in total. The zero-order valence-electron chi connectivity index (χ0n) is 8.28. The van der Waals surface area contributed by atoms with Crippen molar-refractivity contribution < 1.29 is 14.3 Å². The van der Waals surface area contributed by atoms with E-state index in [-0.39, 0.29) is 23.1 Å². The first-order valence-corrected chi connectivity index (χ1v) is 4.39. The molecule has 0 spiro atoms. The molecule has 1 aromatic heterocycles. The lowest BCUT2D eigenvalue weighted by Gasteiger charge is -2.06. The van der Waals surface area contributed by atoms with E-state index in [2.05, 4.69) is 4.74 Å². The molecule has 0 atom stereocenters. The number of halogens is 1. The molecule has 0 radical (unpaired) electrons. The molecule has 0 aliphatic heterocycles. The van der Waals surface area contributed by atoms with E-state index in [1.807, 2.05) is 6.07 Å². The summed E-state index contributed by atoms with van der Waals surface area (Å²) in [7, 11) is 2.72. The average Bonchev–Trinajstić information content (AvgIpc) is 2.56. The normalized spacial score (nSPS) is 9.73. The van der Waals surface area contributed by atoms with E-state index >= 15 is 0 Å². The fraction of sp³-hybridized carbons (Fsp3) is 0.333. The van der Waals surface area contributed by atoms with E-state index in [0.29, 0.717) is 0 Å². The Bertz CT molecular complexity index is 420. The van der Waals surface area contributed by atoms with Crippen molar-refractivity contribution in [2.45, 2.75) is 6.73 Å². The lowest BCUT2D eigenvalue weighted by molar-refractivity contribution is 0.0567. The summed E-state index contributed by atoms with van der Waals surface area (Å²) in [4.78, 5) is 11.3. The summed E-state index contributed by atoms with van der Waals surface area (Å²) >= 11 is 5.86. The van der Waals surface area contributed by atoms with Crippen LogP contribution in [0.2, 0.25) is 5.15 Å². The van der Waals surface area contributed by atoms with E-state index < -0.39 is 5.97 Å². The van der Waals surface area contributed by atoms with Gasteiger partial charge in [-0.25, -0.2) is 4.79 Å². The summed E-state index contributed by atoms with van der Waals surface area (Å²) < 4.78 is 10.8. The lowest BCUT2D eigenvalue weighted by atomic mass is 10.3. The molecule has 1 rings (SSSR count). The van der Waals surface area contributed by atoms with E-state index in [4.69, 9.17) is 21.6 Å². The summed E-state index contributed by atoms with van der Waals surface area (Å²) in [6.45, 7) is 0.0882. The highest BCUT2D eigenvalue weighted by Gasteiger charge is 2.18. The number of aromatic nitrogens is 1. The smallest absolute Gasteiger partial charge is 0.354 e. The standard InChI is InChI=1S/C9H9ClN2O3/c1-14-5-12-7(9(13)15-2)3-6(4-11)8(12)10/h3H,5H2,1-2H3. The number of methoxy groups -OCH3 is 2. The third-order valence-corrected chi connectivity index (χ3v) is 2.21. The number of nitriles is 1. The van der Waals surface area contributed by atoms with Gasteiger partial charge >= 0.3 is 5.97 Å². The van der Waals surface area contributed by atoms with Crippen LogP contribution in [0.3, 0.4) is 0 Å². The minimum Gasteiger partial charge on any atom is -0.464 e. The highest BCUT2D eigenvalue weighted by Crippen LogP contribution is 2.21. The van der Waals surface area contributed by atoms with Gasteiger partial charge in [-0.2, -0.15) is 5.26 Å². The first-order valence-electron chi connectivity index (χ1n) is 4.02. The van der Waals surface area contributed by atoms with Gasteiger partial charge in [0.1, 0.15) is 23.6 Å². The van der Waals surface area contributed by atoms with Crippen molar-refractivity contribution in [1.29, 1.82) is 5.26 Å². The van der Waals surface area contributed by atoms with Gasteiger partial charge in [0.2, 0.25) is 0 Å². The molecule has 0 aliphatic carbocycles. The lowest BCUT2D eigenvalue weighted by Crippen LogP contribution is -2.11. The maximum atomic E-state index is 11.3. The molecule has 0 bridgehead atoms. The highest BCUT2D eigenvalue weighted by molar-refractivity contribution is 6.31. The molecule has 0 fully saturated rings. The number of carbonyl (C=O) groups is 1. The van der Waals surface area contributed by atoms with E-state index in [1.54, 1.807) is 0 Å². The van der Waals surface area contributed by atoms with Crippen LogP contribution in [-0.2, 0) is 16.2 Å². The van der Waals surface area contributed by atoms with Crippen molar-refractivity contribution in [3.05, 3.63) is 22.5 Å². The maximum absolute atomic E-state index is 11.3. The van der Waals surface area contributed by atoms with Gasteiger partial charge in [0.15, 0.2) is 0 Å². The summed E-state index contributed by atoms with van der Waals surface area (Å²) in [6.07, 6.45) is 0. The molecular formula is C9H9ClN2O3. The molecule has 80 valence electrons. The first-order chi connectivity index (χ1) is 7.15. The Morgan fingerprint density at radius 2 is 2.33 bits per heavy atom. The molecule has 0 aromatic carbocycles. The summed E-state index contributed by atoms with van der Waals surface area (Å²) in [5.74, 6) is -0.560. The SMILES string of the molecule is COCn1c(C(=O)OC)cc(C#N)c1Cl. The Kier molecular flexibility index (Phi) is 3.72. The van der Waals surface area contributed by atoms with Gasteiger partial charge in [-0.15, -0.1) is 0 Å². The second-order valence-corrected chi connectivity index (χ2v) is 3.04. The largest absolute Gasteiger partial charge is 0.464 e. The van der Waals surface area contributed by atoms with E-state index in [1.165, 1.54) is 24.9 Å². The Balaban J connectivity index is 3.25. The molecule has 1 heterocycles. The van der Waals surface area contributed by atoms with Gasteiger partial charge in [-0.1, -0.05) is 11.6 Å². The van der Waals surface area contributed by atoms with Gasteiger partial charge in [0.05, 0.1) is 12.7 Å². The van der Waals surface area contributed by atoms with Crippen molar-refractivity contribution in [3.8, 4) is 6.07 Å². The van der Waals surface area contributed by atoms with Crippen LogP contribution in [0.4, 0.5) is 0 Å². The molecule has 15 heavy (non-hydrogen) atoms. The van der Waals surface area contributed by atoms with Gasteiger partial charge in [0, 0.05) is 7.11 Å². The number of ether oxygens (including phenoxy) is 2. The van der Waals surface area contributed by atoms with E-state index in [0.717, 1.165) is 0 Å². The molecular weight excluding hydrogens is 220 g/mol. The molecule has 0 aliphatic rings. The third-order valence-electron chi connectivity index (χ3n) is 1.80. The zero-order valence-corrected chi connectivity index (χ0v) is 9.04. The van der Waals surface area contributed by atoms with Crippen LogP contribution in [0.15, 0.2) is 6.07 Å². The monoisotopic (exact) mass is 228 g/mol. The Labute approximate surface area is 91.8 Å². The van der Waals surface area contributed by atoms with Gasteiger partial charge in [-0.05, 0) is 6.07 Å². The second-order valence-electron chi connectivity index (χ2n) is 2.68. The fourth-order valence-corrected chi connectivity index (χ4v) is 1.37. The molecule has 5 nitrogen and oxygen atoms in total. The Hall–Kier alpha value is -1.51. The number of carbonyl (C=O) groups excluding carboxylic acids is 1. The topological polar surface area (TPSA) is 64.2 Å². The molecule has 1 aromatic rings. The number of hydrogen-bond acceptors (Lipinski definition) is 4. The quantitative estimate of drug-likeness (QED) is 0.734.